The van der Waals surface area contributed by atoms with E-state index >= 15 is 0 Å². The fourth-order valence-electron chi connectivity index (χ4n) is 4.32. The number of aromatic amines is 1. The number of nitrogens with one attached hydrogen (secondary N) is 1. The standard InChI is InChI=1S/C21H16ClF2N3O3.C13H8ClF2N3O2/c1-21(23,24)19-18(30-17-8-14(10-25)7-15(22)9-17)20(28)27(12-26-19)11-13-3-5-16(29-2)6-4-13;1-13(15,16)11-10(12(20)19-6-18-11)21-9-3-7(5-17)2-8(14)4-9/h3-9,12H,11H2,1-2H3;2-4,6H,1H3,(H,18,19,20). The number of H-pyrrole nitrogens is 1. The lowest BCUT2D eigenvalue weighted by atomic mass is 10.2. The summed E-state index contributed by atoms with van der Waals surface area (Å²) >= 11 is 11.7. The van der Waals surface area contributed by atoms with Gasteiger partial charge in [0.1, 0.15) is 17.2 Å². The molecule has 51 heavy (non-hydrogen) atoms. The van der Waals surface area contributed by atoms with Crippen molar-refractivity contribution in [1.29, 1.82) is 10.5 Å². The number of hydrogen-bond acceptors (Lipinski definition) is 9. The lowest BCUT2D eigenvalue weighted by Crippen LogP contribution is -2.27. The first-order chi connectivity index (χ1) is 24.0. The monoisotopic (exact) mass is 742 g/mol. The van der Waals surface area contributed by atoms with Crippen molar-refractivity contribution in [2.75, 3.05) is 7.11 Å². The van der Waals surface area contributed by atoms with Crippen molar-refractivity contribution in [3.63, 3.8) is 0 Å². The third kappa shape index (κ3) is 9.85. The van der Waals surface area contributed by atoms with Crippen LogP contribution in [0.2, 0.25) is 10.0 Å². The van der Waals surface area contributed by atoms with Gasteiger partial charge in [0, 0.05) is 23.9 Å². The maximum atomic E-state index is 14.1. The number of methoxy groups -OCH3 is 1. The number of rotatable bonds is 9. The van der Waals surface area contributed by atoms with Gasteiger partial charge in [0.15, 0.2) is 11.4 Å². The van der Waals surface area contributed by atoms with Crippen molar-refractivity contribution < 1.29 is 31.8 Å². The lowest BCUT2D eigenvalue weighted by Gasteiger charge is -2.17. The summed E-state index contributed by atoms with van der Waals surface area (Å²) in [4.78, 5) is 34.0. The zero-order valence-electron chi connectivity index (χ0n) is 26.7. The fraction of sp³-hybridized carbons (Fsp3) is 0.176. The zero-order valence-corrected chi connectivity index (χ0v) is 28.2. The highest BCUT2D eigenvalue weighted by molar-refractivity contribution is 6.31. The van der Waals surface area contributed by atoms with Gasteiger partial charge < -0.3 is 19.2 Å². The van der Waals surface area contributed by atoms with Crippen LogP contribution in [0.1, 0.15) is 41.9 Å². The third-order valence-electron chi connectivity index (χ3n) is 6.59. The second-order valence-corrected chi connectivity index (χ2v) is 11.5. The van der Waals surface area contributed by atoms with Crippen LogP contribution in [0.25, 0.3) is 0 Å². The summed E-state index contributed by atoms with van der Waals surface area (Å²) in [5.74, 6) is -7.46. The van der Waals surface area contributed by atoms with Crippen LogP contribution >= 0.6 is 23.2 Å². The molecular formula is C34H24Cl2F4N6O5. The molecule has 2 heterocycles. The van der Waals surface area contributed by atoms with Gasteiger partial charge in [-0.1, -0.05) is 35.3 Å². The highest BCUT2D eigenvalue weighted by Crippen LogP contribution is 2.35. The van der Waals surface area contributed by atoms with Gasteiger partial charge >= 0.3 is 0 Å². The van der Waals surface area contributed by atoms with E-state index in [1.54, 1.807) is 24.3 Å². The molecule has 0 radical (unpaired) electrons. The van der Waals surface area contributed by atoms with Gasteiger partial charge in [-0.05, 0) is 54.1 Å². The number of benzene rings is 3. The van der Waals surface area contributed by atoms with E-state index in [0.717, 1.165) is 22.8 Å². The van der Waals surface area contributed by atoms with Crippen molar-refractivity contribution in [3.8, 4) is 40.9 Å². The highest BCUT2D eigenvalue weighted by atomic mass is 35.5. The largest absolute Gasteiger partial charge is 0.497 e. The van der Waals surface area contributed by atoms with Crippen molar-refractivity contribution in [1.82, 2.24) is 19.5 Å². The first-order valence-electron chi connectivity index (χ1n) is 14.4. The molecule has 262 valence electrons. The molecule has 0 bridgehead atoms. The molecule has 0 saturated heterocycles. The Morgan fingerprint density at radius 3 is 1.78 bits per heavy atom. The van der Waals surface area contributed by atoms with E-state index in [-0.39, 0.29) is 39.2 Å². The predicted octanol–water partition coefficient (Wildman–Crippen LogP) is 7.93. The van der Waals surface area contributed by atoms with Crippen LogP contribution in [0, 0.1) is 22.7 Å². The van der Waals surface area contributed by atoms with Gasteiger partial charge in [0.25, 0.3) is 23.0 Å². The number of nitrogens with zero attached hydrogens (tertiary/aromatic N) is 5. The van der Waals surface area contributed by atoms with Gasteiger partial charge in [-0.15, -0.1) is 0 Å². The summed E-state index contributed by atoms with van der Waals surface area (Å²) in [6, 6.07) is 18.6. The molecule has 0 saturated carbocycles. The Labute approximate surface area is 296 Å². The Morgan fingerprint density at radius 2 is 1.29 bits per heavy atom. The first kappa shape index (κ1) is 37.9. The SMILES string of the molecule is CC(F)(F)c1nc[nH]c(=O)c1Oc1cc(Cl)cc(C#N)c1.COc1ccc(Cn2cnc(C(C)(F)F)c(Oc3cc(Cl)cc(C#N)c3)c2=O)cc1. The topological polar surface area (TPSA) is 156 Å². The van der Waals surface area contributed by atoms with Crippen molar-refractivity contribution in [2.24, 2.45) is 0 Å². The summed E-state index contributed by atoms with van der Waals surface area (Å²) < 4.78 is 71.9. The molecule has 2 aromatic heterocycles. The minimum Gasteiger partial charge on any atom is -0.497 e. The summed E-state index contributed by atoms with van der Waals surface area (Å²) in [5, 5.41) is 18.2. The molecule has 3 aromatic carbocycles. The first-order valence-corrected chi connectivity index (χ1v) is 15.1. The van der Waals surface area contributed by atoms with E-state index in [4.69, 9.17) is 47.9 Å². The average Bonchev–Trinajstić information content (AvgIpc) is 3.06. The van der Waals surface area contributed by atoms with Crippen LogP contribution in [0.5, 0.6) is 28.7 Å². The maximum Gasteiger partial charge on any atom is 0.297 e. The maximum absolute atomic E-state index is 14.1. The summed E-state index contributed by atoms with van der Waals surface area (Å²) in [6.07, 6.45) is 1.91. The van der Waals surface area contributed by atoms with E-state index in [2.05, 4.69) is 15.0 Å². The molecule has 1 N–H and O–H groups in total. The Bertz CT molecular complexity index is 2260. The van der Waals surface area contributed by atoms with Crippen LogP contribution in [-0.2, 0) is 18.4 Å². The summed E-state index contributed by atoms with van der Waals surface area (Å²) in [6.45, 7) is 1.30. The van der Waals surface area contributed by atoms with Crippen molar-refractivity contribution in [2.45, 2.75) is 32.2 Å². The van der Waals surface area contributed by atoms with Gasteiger partial charge in [-0.25, -0.2) is 9.97 Å². The van der Waals surface area contributed by atoms with Gasteiger partial charge in [-0.2, -0.15) is 28.1 Å². The number of aromatic nitrogens is 4. The number of ether oxygens (including phenoxy) is 3. The van der Waals surface area contributed by atoms with Crippen LogP contribution in [0.15, 0.2) is 82.9 Å². The van der Waals surface area contributed by atoms with E-state index in [9.17, 15) is 27.2 Å². The lowest BCUT2D eigenvalue weighted by molar-refractivity contribution is 0.00947. The molecule has 0 aliphatic carbocycles. The van der Waals surface area contributed by atoms with Crippen molar-refractivity contribution >= 4 is 23.2 Å². The van der Waals surface area contributed by atoms with Gasteiger partial charge in [0.05, 0.1) is 49.6 Å². The molecule has 11 nitrogen and oxygen atoms in total. The zero-order chi connectivity index (χ0) is 37.5. The van der Waals surface area contributed by atoms with E-state index in [1.165, 1.54) is 43.5 Å². The van der Waals surface area contributed by atoms with Crippen LogP contribution in [-0.4, -0.2) is 26.6 Å². The highest BCUT2D eigenvalue weighted by Gasteiger charge is 2.34. The van der Waals surface area contributed by atoms with Crippen LogP contribution in [0.4, 0.5) is 17.6 Å². The molecular weight excluding hydrogens is 719 g/mol. The molecule has 0 fully saturated rings. The predicted molar refractivity (Wildman–Crippen MR) is 177 cm³/mol. The minimum atomic E-state index is -3.43. The molecule has 0 aliphatic rings. The van der Waals surface area contributed by atoms with E-state index in [1.807, 2.05) is 12.1 Å². The molecule has 0 unspecified atom stereocenters. The Hall–Kier alpha value is -5.90. The second kappa shape index (κ2) is 15.8. The molecule has 0 aliphatic heterocycles. The third-order valence-corrected chi connectivity index (χ3v) is 7.03. The smallest absolute Gasteiger partial charge is 0.297 e. The van der Waals surface area contributed by atoms with Crippen LogP contribution in [0.3, 0.4) is 0 Å². The van der Waals surface area contributed by atoms with E-state index < -0.39 is 45.9 Å². The number of nitriles is 2. The van der Waals surface area contributed by atoms with Crippen molar-refractivity contribution in [3.05, 3.63) is 132 Å². The molecule has 17 heteroatoms. The molecule has 5 rings (SSSR count). The number of alkyl halides is 4. The van der Waals surface area contributed by atoms with Crippen LogP contribution < -0.4 is 25.3 Å². The second-order valence-electron chi connectivity index (χ2n) is 10.7. The number of halogens is 6. The Morgan fingerprint density at radius 1 is 0.784 bits per heavy atom. The van der Waals surface area contributed by atoms with Gasteiger partial charge in [0.2, 0.25) is 11.5 Å². The number of hydrogen-bond donors (Lipinski definition) is 1. The molecule has 5 aromatic rings. The normalized spacial score (nSPS) is 11.0. The molecule has 0 atom stereocenters. The minimum absolute atomic E-state index is 0.0111. The molecule has 0 amide bonds. The Kier molecular flexibility index (Phi) is 11.7. The Balaban J connectivity index is 0.000000244. The average molecular weight is 744 g/mol. The summed E-state index contributed by atoms with van der Waals surface area (Å²) in [7, 11) is 1.53. The molecule has 0 spiro atoms. The van der Waals surface area contributed by atoms with Gasteiger partial charge in [-0.3, -0.25) is 14.2 Å². The quantitative estimate of drug-likeness (QED) is 0.148. The fourth-order valence-corrected chi connectivity index (χ4v) is 4.77. The van der Waals surface area contributed by atoms with E-state index in [0.29, 0.717) is 19.6 Å². The summed E-state index contributed by atoms with van der Waals surface area (Å²) in [5.41, 5.74) is -2.21.